The SMILES string of the molecule is CC.CC/C=C(\CCC)c1ccc(NC(=O)c2ccc(C3=CCNCC3)c(C)c2)c(C)c1. The maximum Gasteiger partial charge on any atom is 0.255 e. The first-order valence-electron chi connectivity index (χ1n) is 12.2. The van der Waals surface area contributed by atoms with E-state index in [4.69, 9.17) is 0 Å². The second kappa shape index (κ2) is 13.0. The van der Waals surface area contributed by atoms with Crippen LogP contribution < -0.4 is 10.6 Å². The molecule has 0 saturated heterocycles. The summed E-state index contributed by atoms with van der Waals surface area (Å²) in [4.78, 5) is 12.9. The highest BCUT2D eigenvalue weighted by molar-refractivity contribution is 6.05. The number of aryl methyl sites for hydroxylation is 2. The van der Waals surface area contributed by atoms with Gasteiger partial charge in [-0.1, -0.05) is 58.4 Å². The van der Waals surface area contributed by atoms with E-state index in [-0.39, 0.29) is 5.91 Å². The summed E-state index contributed by atoms with van der Waals surface area (Å²) in [5.41, 5.74) is 9.08. The normalized spacial score (nSPS) is 13.7. The standard InChI is InChI=1S/C27H34N2O.C2H6/c1-5-7-21(8-6-2)23-10-12-26(20(4)18-23)29-27(30)24-9-11-25(19(3)17-24)22-13-15-28-16-14-22;1-2/h7,9-13,17-18,28H,5-6,8,14-16H2,1-4H3,(H,29,30);1-2H3/b21-7+;. The Balaban J connectivity index is 0.00000176. The summed E-state index contributed by atoms with van der Waals surface area (Å²) in [6.07, 6.45) is 8.83. The van der Waals surface area contributed by atoms with Crippen molar-refractivity contribution in [3.8, 4) is 0 Å². The first kappa shape index (κ1) is 25.6. The van der Waals surface area contributed by atoms with Gasteiger partial charge in [0.15, 0.2) is 0 Å². The summed E-state index contributed by atoms with van der Waals surface area (Å²) in [5.74, 6) is -0.0577. The van der Waals surface area contributed by atoms with Crippen LogP contribution in [0.4, 0.5) is 5.69 Å². The van der Waals surface area contributed by atoms with Gasteiger partial charge in [0.2, 0.25) is 0 Å². The molecule has 2 aromatic carbocycles. The van der Waals surface area contributed by atoms with Gasteiger partial charge in [-0.15, -0.1) is 0 Å². The molecule has 0 radical (unpaired) electrons. The lowest BCUT2D eigenvalue weighted by molar-refractivity contribution is 0.102. The van der Waals surface area contributed by atoms with Crippen LogP contribution in [0.2, 0.25) is 0 Å². The number of carbonyl (C=O) groups excluding carboxylic acids is 1. The van der Waals surface area contributed by atoms with E-state index in [0.717, 1.165) is 55.6 Å². The number of hydrogen-bond donors (Lipinski definition) is 2. The van der Waals surface area contributed by atoms with E-state index in [0.29, 0.717) is 5.56 Å². The molecular weight excluding hydrogens is 392 g/mol. The van der Waals surface area contributed by atoms with E-state index in [9.17, 15) is 4.79 Å². The Morgan fingerprint density at radius 1 is 1.03 bits per heavy atom. The largest absolute Gasteiger partial charge is 0.322 e. The van der Waals surface area contributed by atoms with Gasteiger partial charge in [-0.25, -0.2) is 0 Å². The van der Waals surface area contributed by atoms with Gasteiger partial charge in [-0.3, -0.25) is 4.79 Å². The summed E-state index contributed by atoms with van der Waals surface area (Å²) in [5, 5.41) is 6.45. The van der Waals surface area contributed by atoms with Gasteiger partial charge in [0.25, 0.3) is 5.91 Å². The van der Waals surface area contributed by atoms with Crippen molar-refractivity contribution < 1.29 is 4.79 Å². The number of rotatable bonds is 7. The first-order chi connectivity index (χ1) is 15.5. The second-order valence-corrected chi connectivity index (χ2v) is 8.08. The zero-order chi connectivity index (χ0) is 23.5. The molecule has 0 fully saturated rings. The summed E-state index contributed by atoms with van der Waals surface area (Å²) in [6, 6.07) is 12.4. The van der Waals surface area contributed by atoms with Crippen molar-refractivity contribution in [2.45, 2.75) is 67.2 Å². The van der Waals surface area contributed by atoms with Crippen molar-refractivity contribution in [3.63, 3.8) is 0 Å². The predicted molar refractivity (Wildman–Crippen MR) is 140 cm³/mol. The summed E-state index contributed by atoms with van der Waals surface area (Å²) >= 11 is 0. The molecule has 1 aliphatic heterocycles. The molecule has 0 unspecified atom stereocenters. The fourth-order valence-corrected chi connectivity index (χ4v) is 4.11. The lowest BCUT2D eigenvalue weighted by Gasteiger charge is -2.17. The fraction of sp³-hybridized carbons (Fsp3) is 0.414. The molecule has 0 saturated carbocycles. The van der Waals surface area contributed by atoms with Gasteiger partial charge >= 0.3 is 0 Å². The lowest BCUT2D eigenvalue weighted by Crippen LogP contribution is -2.20. The Morgan fingerprint density at radius 3 is 2.34 bits per heavy atom. The molecule has 32 heavy (non-hydrogen) atoms. The molecule has 172 valence electrons. The Labute approximate surface area is 195 Å². The zero-order valence-electron chi connectivity index (χ0n) is 20.8. The molecule has 3 nitrogen and oxygen atoms in total. The highest BCUT2D eigenvalue weighted by atomic mass is 16.1. The number of hydrogen-bond acceptors (Lipinski definition) is 2. The molecule has 2 aromatic rings. The van der Waals surface area contributed by atoms with Crippen LogP contribution in [-0.4, -0.2) is 19.0 Å². The summed E-state index contributed by atoms with van der Waals surface area (Å²) < 4.78 is 0. The van der Waals surface area contributed by atoms with Crippen molar-refractivity contribution in [3.05, 3.63) is 76.4 Å². The van der Waals surface area contributed by atoms with Crippen molar-refractivity contribution in [1.29, 1.82) is 0 Å². The second-order valence-electron chi connectivity index (χ2n) is 8.08. The van der Waals surface area contributed by atoms with Crippen molar-refractivity contribution >= 4 is 22.7 Å². The highest BCUT2D eigenvalue weighted by Crippen LogP contribution is 2.27. The third kappa shape index (κ3) is 6.67. The van der Waals surface area contributed by atoms with E-state index in [1.807, 2.05) is 32.0 Å². The van der Waals surface area contributed by atoms with Crippen molar-refractivity contribution in [2.24, 2.45) is 0 Å². The van der Waals surface area contributed by atoms with Gasteiger partial charge in [-0.2, -0.15) is 0 Å². The third-order valence-electron chi connectivity index (χ3n) is 5.71. The monoisotopic (exact) mass is 432 g/mol. The first-order valence-corrected chi connectivity index (χ1v) is 12.2. The van der Waals surface area contributed by atoms with Crippen LogP contribution >= 0.6 is 0 Å². The molecule has 0 aromatic heterocycles. The molecule has 1 heterocycles. The van der Waals surface area contributed by atoms with E-state index in [2.05, 4.69) is 68.7 Å². The molecule has 1 amide bonds. The Morgan fingerprint density at radius 2 is 1.75 bits per heavy atom. The van der Waals surface area contributed by atoms with E-state index in [1.165, 1.54) is 22.3 Å². The third-order valence-corrected chi connectivity index (χ3v) is 5.71. The van der Waals surface area contributed by atoms with Gasteiger partial charge in [0.05, 0.1) is 0 Å². The van der Waals surface area contributed by atoms with E-state index >= 15 is 0 Å². The maximum absolute atomic E-state index is 12.9. The lowest BCUT2D eigenvalue weighted by atomic mass is 9.94. The highest BCUT2D eigenvalue weighted by Gasteiger charge is 2.13. The molecule has 3 heteroatoms. The van der Waals surface area contributed by atoms with Crippen LogP contribution in [0.3, 0.4) is 0 Å². The van der Waals surface area contributed by atoms with Crippen molar-refractivity contribution in [1.82, 2.24) is 5.32 Å². The minimum Gasteiger partial charge on any atom is -0.322 e. The smallest absolute Gasteiger partial charge is 0.255 e. The number of carbonyl (C=O) groups is 1. The molecule has 0 spiro atoms. The molecule has 1 aliphatic rings. The van der Waals surface area contributed by atoms with E-state index in [1.54, 1.807) is 0 Å². The molecule has 2 N–H and O–H groups in total. The topological polar surface area (TPSA) is 41.1 Å². The number of benzene rings is 2. The van der Waals surface area contributed by atoms with Gasteiger partial charge in [-0.05, 0) is 97.3 Å². The molecule has 3 rings (SSSR count). The van der Waals surface area contributed by atoms with Crippen LogP contribution in [0.5, 0.6) is 0 Å². The average molecular weight is 433 g/mol. The summed E-state index contributed by atoms with van der Waals surface area (Å²) in [7, 11) is 0. The average Bonchev–Trinajstić information content (AvgIpc) is 2.82. The van der Waals surface area contributed by atoms with Crippen LogP contribution in [0.15, 0.2) is 48.6 Å². The van der Waals surface area contributed by atoms with Gasteiger partial charge in [0, 0.05) is 17.8 Å². The minimum atomic E-state index is -0.0577. The van der Waals surface area contributed by atoms with Crippen LogP contribution in [0.1, 0.15) is 86.0 Å². The number of nitrogens with one attached hydrogen (secondary N) is 2. The van der Waals surface area contributed by atoms with Crippen LogP contribution in [0.25, 0.3) is 11.1 Å². The Hall–Kier alpha value is -2.65. The Bertz CT molecular complexity index is 969. The van der Waals surface area contributed by atoms with Gasteiger partial charge < -0.3 is 10.6 Å². The quantitative estimate of drug-likeness (QED) is 0.474. The molecule has 0 atom stereocenters. The molecule has 0 aliphatic carbocycles. The molecule has 0 bridgehead atoms. The maximum atomic E-state index is 12.9. The summed E-state index contributed by atoms with van der Waals surface area (Å²) in [6.45, 7) is 14.5. The fourth-order valence-electron chi connectivity index (χ4n) is 4.11. The number of anilines is 1. The number of allylic oxidation sites excluding steroid dienone is 2. The van der Waals surface area contributed by atoms with Crippen LogP contribution in [-0.2, 0) is 0 Å². The van der Waals surface area contributed by atoms with Crippen LogP contribution in [0, 0.1) is 13.8 Å². The van der Waals surface area contributed by atoms with Crippen molar-refractivity contribution in [2.75, 3.05) is 18.4 Å². The zero-order valence-corrected chi connectivity index (χ0v) is 20.8. The Kier molecular flexibility index (Phi) is 10.4. The predicted octanol–water partition coefficient (Wildman–Crippen LogP) is 7.55. The van der Waals surface area contributed by atoms with Gasteiger partial charge in [0.1, 0.15) is 0 Å². The number of amides is 1. The molecular formula is C29H40N2O. The van der Waals surface area contributed by atoms with E-state index < -0.39 is 0 Å². The minimum absolute atomic E-state index is 0.0577.